The monoisotopic (exact) mass is 461 g/mol. The van der Waals surface area contributed by atoms with Crippen molar-refractivity contribution in [3.8, 4) is 11.4 Å². The van der Waals surface area contributed by atoms with Crippen LogP contribution >= 0.6 is 11.6 Å². The highest BCUT2D eigenvalue weighted by Crippen LogP contribution is 2.52. The molecule has 8 nitrogen and oxygen atoms in total. The molecule has 4 aromatic rings. The van der Waals surface area contributed by atoms with Crippen molar-refractivity contribution in [3.05, 3.63) is 81.1 Å². The molecule has 1 spiro atoms. The lowest BCUT2D eigenvalue weighted by Gasteiger charge is -2.23. The minimum absolute atomic E-state index is 0.0170. The first-order valence-electron chi connectivity index (χ1n) is 10.8. The van der Waals surface area contributed by atoms with Crippen molar-refractivity contribution in [3.63, 3.8) is 0 Å². The SMILES string of the molecule is CCCn1cc(N2C(=O)C3(Cc4ccc(-c5noc(=O)[nH]5)cc4C3)c3ccc(Cl)cc32)cn1. The van der Waals surface area contributed by atoms with Crippen molar-refractivity contribution in [1.29, 1.82) is 0 Å². The molecular formula is C24H20ClN5O3. The summed E-state index contributed by atoms with van der Waals surface area (Å²) in [7, 11) is 0. The minimum Gasteiger partial charge on any atom is -0.296 e. The Morgan fingerprint density at radius 3 is 2.79 bits per heavy atom. The van der Waals surface area contributed by atoms with Gasteiger partial charge in [0.25, 0.3) is 0 Å². The zero-order valence-corrected chi connectivity index (χ0v) is 18.6. The maximum Gasteiger partial charge on any atom is 0.439 e. The average molecular weight is 462 g/mol. The zero-order chi connectivity index (χ0) is 22.7. The van der Waals surface area contributed by atoms with Gasteiger partial charge in [-0.2, -0.15) is 5.10 Å². The van der Waals surface area contributed by atoms with Crippen LogP contribution in [-0.4, -0.2) is 25.8 Å². The molecule has 166 valence electrons. The highest BCUT2D eigenvalue weighted by atomic mass is 35.5. The molecule has 1 amide bonds. The van der Waals surface area contributed by atoms with E-state index in [0.29, 0.717) is 23.7 Å². The van der Waals surface area contributed by atoms with E-state index in [-0.39, 0.29) is 5.91 Å². The Hall–Kier alpha value is -3.65. The zero-order valence-electron chi connectivity index (χ0n) is 17.8. The lowest BCUT2D eigenvalue weighted by Crippen LogP contribution is -2.39. The number of rotatable bonds is 4. The second kappa shape index (κ2) is 7.18. The van der Waals surface area contributed by atoms with Gasteiger partial charge < -0.3 is 0 Å². The number of hydrogen-bond donors (Lipinski definition) is 1. The maximum atomic E-state index is 14.1. The first kappa shape index (κ1) is 20.0. The molecule has 0 saturated carbocycles. The summed E-state index contributed by atoms with van der Waals surface area (Å²) in [5.41, 5.74) is 4.69. The van der Waals surface area contributed by atoms with Crippen LogP contribution in [0.3, 0.4) is 0 Å². The van der Waals surface area contributed by atoms with Crippen molar-refractivity contribution < 1.29 is 9.32 Å². The van der Waals surface area contributed by atoms with Crippen LogP contribution in [0, 0.1) is 0 Å². The maximum absolute atomic E-state index is 14.1. The van der Waals surface area contributed by atoms with Crippen LogP contribution < -0.4 is 10.7 Å². The third-order valence-electron chi connectivity index (χ3n) is 6.56. The van der Waals surface area contributed by atoms with Crippen LogP contribution in [0.1, 0.15) is 30.0 Å². The minimum atomic E-state index is -0.717. The van der Waals surface area contributed by atoms with Crippen molar-refractivity contribution >= 4 is 28.9 Å². The Kier molecular flexibility index (Phi) is 4.35. The normalized spacial score (nSPS) is 18.8. The van der Waals surface area contributed by atoms with Crippen LogP contribution in [-0.2, 0) is 29.6 Å². The van der Waals surface area contributed by atoms with Crippen LogP contribution in [0.2, 0.25) is 5.02 Å². The fourth-order valence-electron chi connectivity index (χ4n) is 5.13. The van der Waals surface area contributed by atoms with E-state index >= 15 is 0 Å². The van der Waals surface area contributed by atoms with Crippen LogP contribution in [0.5, 0.6) is 0 Å². The number of aromatic amines is 1. The number of nitrogens with one attached hydrogen (secondary N) is 1. The number of nitrogens with zero attached hydrogens (tertiary/aromatic N) is 4. The van der Waals surface area contributed by atoms with Gasteiger partial charge in [-0.3, -0.25) is 23.9 Å². The highest BCUT2D eigenvalue weighted by Gasteiger charge is 2.54. The van der Waals surface area contributed by atoms with E-state index in [2.05, 4.69) is 26.7 Å². The van der Waals surface area contributed by atoms with Crippen LogP contribution in [0.15, 0.2) is 58.1 Å². The summed E-state index contributed by atoms with van der Waals surface area (Å²) < 4.78 is 6.50. The Bertz CT molecular complexity index is 1470. The third-order valence-corrected chi connectivity index (χ3v) is 6.80. The quantitative estimate of drug-likeness (QED) is 0.495. The number of amides is 1. The van der Waals surface area contributed by atoms with Crippen molar-refractivity contribution in [2.75, 3.05) is 4.90 Å². The Morgan fingerprint density at radius 1 is 1.15 bits per heavy atom. The molecule has 6 rings (SSSR count). The topological polar surface area (TPSA) is 97.0 Å². The van der Waals surface area contributed by atoms with Gasteiger partial charge in [0.15, 0.2) is 5.82 Å². The smallest absolute Gasteiger partial charge is 0.296 e. The molecule has 0 radical (unpaired) electrons. The Labute approximate surface area is 193 Å². The predicted octanol–water partition coefficient (Wildman–Crippen LogP) is 4.00. The molecule has 2 aliphatic rings. The molecular weight excluding hydrogens is 442 g/mol. The van der Waals surface area contributed by atoms with Gasteiger partial charge in [0, 0.05) is 23.3 Å². The molecule has 9 heteroatoms. The molecule has 1 aliphatic heterocycles. The highest BCUT2D eigenvalue weighted by molar-refractivity contribution is 6.31. The van der Waals surface area contributed by atoms with Crippen LogP contribution in [0.25, 0.3) is 11.4 Å². The van der Waals surface area contributed by atoms with E-state index in [1.165, 1.54) is 0 Å². The lowest BCUT2D eigenvalue weighted by molar-refractivity contribution is -0.122. The fourth-order valence-corrected chi connectivity index (χ4v) is 5.29. The van der Waals surface area contributed by atoms with Crippen molar-refractivity contribution in [2.24, 2.45) is 0 Å². The van der Waals surface area contributed by atoms with E-state index in [9.17, 15) is 9.59 Å². The van der Waals surface area contributed by atoms with E-state index in [1.807, 2.05) is 47.3 Å². The van der Waals surface area contributed by atoms with Crippen LogP contribution in [0.4, 0.5) is 11.4 Å². The number of carbonyl (C=O) groups is 1. The summed E-state index contributed by atoms with van der Waals surface area (Å²) in [5, 5.41) is 8.80. The Balaban J connectivity index is 1.44. The van der Waals surface area contributed by atoms with Gasteiger partial charge in [-0.25, -0.2) is 4.79 Å². The summed E-state index contributed by atoms with van der Waals surface area (Å²) in [6.07, 6.45) is 5.73. The number of aryl methyl sites for hydroxylation is 1. The molecule has 0 bridgehead atoms. The second-order valence-electron chi connectivity index (χ2n) is 8.63. The molecule has 1 aliphatic carbocycles. The predicted molar refractivity (Wildman–Crippen MR) is 123 cm³/mol. The number of H-pyrrole nitrogens is 1. The summed E-state index contributed by atoms with van der Waals surface area (Å²) in [4.78, 5) is 29.8. The van der Waals surface area contributed by atoms with E-state index in [4.69, 9.17) is 11.6 Å². The lowest BCUT2D eigenvalue weighted by atomic mass is 9.79. The largest absolute Gasteiger partial charge is 0.439 e. The van der Waals surface area contributed by atoms with Gasteiger partial charge in [0.05, 0.1) is 23.0 Å². The summed E-state index contributed by atoms with van der Waals surface area (Å²) >= 11 is 6.35. The number of halogens is 1. The van der Waals surface area contributed by atoms with E-state index in [0.717, 1.165) is 46.6 Å². The summed E-state index contributed by atoms with van der Waals surface area (Å²) in [6.45, 7) is 2.87. The molecule has 0 saturated heterocycles. The number of benzene rings is 2. The molecule has 1 unspecified atom stereocenters. The number of anilines is 2. The van der Waals surface area contributed by atoms with E-state index < -0.39 is 11.2 Å². The molecule has 1 N–H and O–H groups in total. The molecule has 1 atom stereocenters. The molecule has 2 aromatic heterocycles. The van der Waals surface area contributed by atoms with Gasteiger partial charge >= 0.3 is 5.76 Å². The summed E-state index contributed by atoms with van der Waals surface area (Å²) in [5.74, 6) is -0.208. The first-order chi connectivity index (χ1) is 16.0. The van der Waals surface area contributed by atoms with Crippen molar-refractivity contribution in [2.45, 2.75) is 38.1 Å². The standard InChI is InChI=1S/C24H20ClN5O3/c1-2-7-29-13-18(12-26-29)30-20-9-17(25)5-6-19(20)24(22(30)31)10-15-4-3-14(8-16(15)11-24)21-27-23(32)33-28-21/h3-6,8-9,12-13H,2,7,10-11H2,1H3,(H,27,28,32). The van der Waals surface area contributed by atoms with E-state index in [1.54, 1.807) is 11.1 Å². The molecule has 3 heterocycles. The number of carbonyl (C=O) groups excluding carboxylic acids is 1. The van der Waals surface area contributed by atoms with Gasteiger partial charge in [-0.15, -0.1) is 0 Å². The average Bonchev–Trinajstić information content (AvgIpc) is 3.55. The number of aromatic nitrogens is 4. The Morgan fingerprint density at radius 2 is 2.00 bits per heavy atom. The van der Waals surface area contributed by atoms with Gasteiger partial charge in [-0.1, -0.05) is 41.9 Å². The molecule has 33 heavy (non-hydrogen) atoms. The van der Waals surface area contributed by atoms with Crippen molar-refractivity contribution in [1.82, 2.24) is 19.9 Å². The fraction of sp³-hybridized carbons (Fsp3) is 0.250. The van der Waals surface area contributed by atoms with Gasteiger partial charge in [0.1, 0.15) is 0 Å². The third kappa shape index (κ3) is 2.97. The number of hydrogen-bond acceptors (Lipinski definition) is 5. The second-order valence-corrected chi connectivity index (χ2v) is 9.06. The van der Waals surface area contributed by atoms with Gasteiger partial charge in [-0.05, 0) is 54.2 Å². The molecule has 2 aromatic carbocycles. The first-order valence-corrected chi connectivity index (χ1v) is 11.2. The van der Waals surface area contributed by atoms with Gasteiger partial charge in [0.2, 0.25) is 5.91 Å². The number of fused-ring (bicyclic) bond motifs is 3. The summed E-state index contributed by atoms with van der Waals surface area (Å²) in [6, 6.07) is 11.5. The molecule has 0 fully saturated rings.